The van der Waals surface area contributed by atoms with Gasteiger partial charge in [0.1, 0.15) is 5.41 Å². The van der Waals surface area contributed by atoms with E-state index in [0.29, 0.717) is 16.3 Å². The van der Waals surface area contributed by atoms with E-state index in [4.69, 9.17) is 11.6 Å². The van der Waals surface area contributed by atoms with Crippen LogP contribution < -0.4 is 10.2 Å². The number of para-hydroxylation sites is 1. The lowest BCUT2D eigenvalue weighted by molar-refractivity contribution is -0.122. The van der Waals surface area contributed by atoms with Crippen molar-refractivity contribution in [3.05, 3.63) is 113 Å². The lowest BCUT2D eigenvalue weighted by Crippen LogP contribution is -2.51. The highest BCUT2D eigenvalue weighted by Gasteiger charge is 2.69. The number of ketones is 2. The SMILES string of the molecule is CC(=O)[C@@H]1[C@H](C(=O)c2ccc(Cl)cc2)[C@@]2(C(=O)Nc3ccccc32)[C@H]2C=Cc3c(ccc4ccccc34)N12. The Morgan fingerprint density at radius 1 is 0.921 bits per heavy atom. The molecule has 1 N–H and O–H groups in total. The molecule has 1 saturated heterocycles. The number of fused-ring (bicyclic) bond motifs is 8. The fourth-order valence-corrected chi connectivity index (χ4v) is 7.01. The van der Waals surface area contributed by atoms with Crippen LogP contribution in [0.15, 0.2) is 91.0 Å². The molecule has 7 rings (SSSR count). The number of halogens is 1. The van der Waals surface area contributed by atoms with Crippen molar-refractivity contribution in [1.29, 1.82) is 0 Å². The Kier molecular flexibility index (Phi) is 4.91. The zero-order chi connectivity index (χ0) is 26.2. The minimum Gasteiger partial charge on any atom is -0.352 e. The van der Waals surface area contributed by atoms with Gasteiger partial charge in [-0.2, -0.15) is 0 Å². The van der Waals surface area contributed by atoms with Crippen LogP contribution in [0.5, 0.6) is 0 Å². The second-order valence-corrected chi connectivity index (χ2v) is 10.6. The van der Waals surface area contributed by atoms with Crippen LogP contribution >= 0.6 is 11.6 Å². The molecule has 0 bridgehead atoms. The molecule has 0 aromatic heterocycles. The van der Waals surface area contributed by atoms with Crippen LogP contribution in [0.25, 0.3) is 16.8 Å². The van der Waals surface area contributed by atoms with Crippen molar-refractivity contribution in [3.8, 4) is 0 Å². The van der Waals surface area contributed by atoms with E-state index in [2.05, 4.69) is 17.4 Å². The predicted octanol–water partition coefficient (Wildman–Crippen LogP) is 6.06. The number of carbonyl (C=O) groups excluding carboxylic acids is 3. The molecule has 0 radical (unpaired) electrons. The third-order valence-electron chi connectivity index (χ3n) is 8.37. The number of Topliss-reactive ketones (excluding diaryl/α,β-unsaturated/α-hetero) is 2. The van der Waals surface area contributed by atoms with Gasteiger partial charge in [-0.25, -0.2) is 0 Å². The molecule has 0 saturated carbocycles. The van der Waals surface area contributed by atoms with Crippen LogP contribution in [0.1, 0.15) is 28.4 Å². The number of anilines is 2. The van der Waals surface area contributed by atoms with Gasteiger partial charge in [0.05, 0.1) is 18.0 Å². The van der Waals surface area contributed by atoms with E-state index in [1.165, 1.54) is 6.92 Å². The monoisotopic (exact) mass is 518 g/mol. The number of carbonyl (C=O) groups is 3. The second kappa shape index (κ2) is 8.14. The topological polar surface area (TPSA) is 66.5 Å². The number of amides is 1. The summed E-state index contributed by atoms with van der Waals surface area (Å²) >= 11 is 6.12. The summed E-state index contributed by atoms with van der Waals surface area (Å²) in [6.45, 7) is 1.51. The van der Waals surface area contributed by atoms with Gasteiger partial charge in [-0.3, -0.25) is 14.4 Å². The van der Waals surface area contributed by atoms with Gasteiger partial charge in [0, 0.05) is 27.5 Å². The zero-order valence-electron chi connectivity index (χ0n) is 20.5. The normalized spacial score (nSPS) is 24.7. The van der Waals surface area contributed by atoms with Gasteiger partial charge in [0.25, 0.3) is 0 Å². The number of nitrogens with one attached hydrogen (secondary N) is 1. The molecule has 6 heteroatoms. The Morgan fingerprint density at radius 3 is 2.45 bits per heavy atom. The standard InChI is InChI=1S/C32H23ClN2O3/c1-18(36)29-28(30(37)20-10-13-21(33)14-11-20)32(24-8-4-5-9-25(24)34-31(32)38)27-17-15-23-22-7-3-2-6-19(22)12-16-26(23)35(27)29/h2-17,27-29H,1H3,(H,34,38)/t27-,28-,29-,32+/m1/s1. The average Bonchev–Trinajstić information content (AvgIpc) is 3.41. The molecule has 5 nitrogen and oxygen atoms in total. The molecular formula is C32H23ClN2O3. The van der Waals surface area contributed by atoms with Gasteiger partial charge < -0.3 is 10.2 Å². The molecule has 4 aromatic carbocycles. The summed E-state index contributed by atoms with van der Waals surface area (Å²) in [4.78, 5) is 44.2. The molecular weight excluding hydrogens is 496 g/mol. The molecule has 4 atom stereocenters. The summed E-state index contributed by atoms with van der Waals surface area (Å²) < 4.78 is 0. The lowest BCUT2D eigenvalue weighted by Gasteiger charge is -2.38. The first-order valence-corrected chi connectivity index (χ1v) is 13.0. The van der Waals surface area contributed by atoms with Crippen molar-refractivity contribution >= 4 is 57.3 Å². The largest absolute Gasteiger partial charge is 0.352 e. The van der Waals surface area contributed by atoms with Crippen molar-refractivity contribution in [2.75, 3.05) is 10.2 Å². The van der Waals surface area contributed by atoms with E-state index in [9.17, 15) is 14.4 Å². The fraction of sp³-hybridized carbons (Fsp3) is 0.156. The number of nitrogens with zero attached hydrogens (tertiary/aromatic N) is 1. The highest BCUT2D eigenvalue weighted by molar-refractivity contribution is 6.30. The summed E-state index contributed by atoms with van der Waals surface area (Å²) in [7, 11) is 0. The minimum absolute atomic E-state index is 0.161. The Labute approximate surface area is 224 Å². The van der Waals surface area contributed by atoms with Crippen LogP contribution in [0.2, 0.25) is 5.02 Å². The maximum absolute atomic E-state index is 14.4. The fourth-order valence-electron chi connectivity index (χ4n) is 6.88. The number of rotatable bonds is 3. The minimum atomic E-state index is -1.29. The van der Waals surface area contributed by atoms with Crippen LogP contribution in [-0.2, 0) is 15.0 Å². The van der Waals surface area contributed by atoms with Crippen molar-refractivity contribution in [2.24, 2.45) is 5.92 Å². The van der Waals surface area contributed by atoms with E-state index in [1.54, 1.807) is 24.3 Å². The van der Waals surface area contributed by atoms with Gasteiger partial charge in [-0.05, 0) is 59.7 Å². The Bertz CT molecular complexity index is 1710. The van der Waals surface area contributed by atoms with Gasteiger partial charge in [-0.15, -0.1) is 0 Å². The van der Waals surface area contributed by atoms with Crippen LogP contribution in [0.4, 0.5) is 11.4 Å². The summed E-state index contributed by atoms with van der Waals surface area (Å²) in [6, 6.07) is 24.9. The van der Waals surface area contributed by atoms with Crippen LogP contribution in [0.3, 0.4) is 0 Å². The number of hydrogen-bond acceptors (Lipinski definition) is 4. The molecule has 1 amide bonds. The van der Waals surface area contributed by atoms with E-state index in [1.807, 2.05) is 65.6 Å². The van der Waals surface area contributed by atoms with Crippen molar-refractivity contribution < 1.29 is 14.4 Å². The average molecular weight is 519 g/mol. The molecule has 3 heterocycles. The summed E-state index contributed by atoms with van der Waals surface area (Å²) in [5.41, 5.74) is 2.37. The highest BCUT2D eigenvalue weighted by atomic mass is 35.5. The maximum Gasteiger partial charge on any atom is 0.238 e. The zero-order valence-corrected chi connectivity index (χ0v) is 21.3. The Morgan fingerprint density at radius 2 is 1.66 bits per heavy atom. The third-order valence-corrected chi connectivity index (χ3v) is 8.62. The molecule has 38 heavy (non-hydrogen) atoms. The number of hydrogen-bond donors (Lipinski definition) is 1. The quantitative estimate of drug-likeness (QED) is 0.335. The first-order valence-electron chi connectivity index (χ1n) is 12.6. The smallest absolute Gasteiger partial charge is 0.238 e. The predicted molar refractivity (Wildman–Crippen MR) is 150 cm³/mol. The van der Waals surface area contributed by atoms with E-state index >= 15 is 0 Å². The second-order valence-electron chi connectivity index (χ2n) is 10.2. The first kappa shape index (κ1) is 22.9. The van der Waals surface area contributed by atoms with Gasteiger partial charge in [-0.1, -0.05) is 72.3 Å². The van der Waals surface area contributed by atoms with E-state index in [-0.39, 0.29) is 17.5 Å². The molecule has 0 unspecified atom stereocenters. The molecule has 1 fully saturated rings. The number of benzene rings is 4. The maximum atomic E-state index is 14.4. The first-order chi connectivity index (χ1) is 18.4. The van der Waals surface area contributed by atoms with E-state index < -0.39 is 23.4 Å². The highest BCUT2D eigenvalue weighted by Crippen LogP contribution is 2.58. The summed E-state index contributed by atoms with van der Waals surface area (Å²) in [5, 5.41) is 5.69. The molecule has 186 valence electrons. The van der Waals surface area contributed by atoms with Crippen molar-refractivity contribution in [1.82, 2.24) is 0 Å². The van der Waals surface area contributed by atoms with Gasteiger partial charge in [0.15, 0.2) is 11.6 Å². The van der Waals surface area contributed by atoms with Crippen molar-refractivity contribution in [3.63, 3.8) is 0 Å². The molecule has 0 aliphatic carbocycles. The molecule has 3 aliphatic heterocycles. The molecule has 3 aliphatic rings. The van der Waals surface area contributed by atoms with Crippen LogP contribution in [-0.4, -0.2) is 29.6 Å². The summed E-state index contributed by atoms with van der Waals surface area (Å²) in [5.74, 6) is -1.62. The third kappa shape index (κ3) is 2.91. The van der Waals surface area contributed by atoms with Gasteiger partial charge in [0.2, 0.25) is 5.91 Å². The molecule has 1 spiro atoms. The van der Waals surface area contributed by atoms with Gasteiger partial charge >= 0.3 is 0 Å². The Balaban J connectivity index is 1.53. The van der Waals surface area contributed by atoms with Crippen LogP contribution in [0, 0.1) is 5.92 Å². The summed E-state index contributed by atoms with van der Waals surface area (Å²) in [6.07, 6.45) is 4.04. The lowest BCUT2D eigenvalue weighted by atomic mass is 9.64. The Hall–Kier alpha value is -4.22. The molecule has 4 aromatic rings. The van der Waals surface area contributed by atoms with E-state index in [0.717, 1.165) is 27.6 Å². The van der Waals surface area contributed by atoms with Crippen molar-refractivity contribution in [2.45, 2.75) is 24.4 Å².